The average Bonchev–Trinajstić information content (AvgIpc) is 2.67. The van der Waals surface area contributed by atoms with Crippen molar-refractivity contribution in [3.63, 3.8) is 0 Å². The van der Waals surface area contributed by atoms with E-state index in [0.29, 0.717) is 5.69 Å². The van der Waals surface area contributed by atoms with Gasteiger partial charge in [0.05, 0.1) is 16.9 Å². The number of halogens is 1. The van der Waals surface area contributed by atoms with Gasteiger partial charge in [-0.2, -0.15) is 0 Å². The summed E-state index contributed by atoms with van der Waals surface area (Å²) < 4.78 is 14.7. The third-order valence-corrected chi connectivity index (χ3v) is 4.57. The van der Waals surface area contributed by atoms with Crippen molar-refractivity contribution in [2.75, 3.05) is 31.1 Å². The molecule has 0 spiro atoms. The number of hydrogen-bond donors (Lipinski definition) is 1. The van der Waals surface area contributed by atoms with E-state index in [0.717, 1.165) is 53.9 Å². The van der Waals surface area contributed by atoms with Gasteiger partial charge in [0.15, 0.2) is 0 Å². The number of hydrogen-bond acceptors (Lipinski definition) is 4. The van der Waals surface area contributed by atoms with Crippen molar-refractivity contribution < 1.29 is 4.39 Å². The molecule has 2 heterocycles. The van der Waals surface area contributed by atoms with E-state index in [2.05, 4.69) is 26.8 Å². The maximum atomic E-state index is 14.7. The number of anilines is 1. The third-order valence-electron chi connectivity index (χ3n) is 4.57. The normalized spacial score (nSPS) is 14.7. The number of piperazine rings is 1. The molecule has 0 amide bonds. The highest BCUT2D eigenvalue weighted by molar-refractivity contribution is 5.93. The van der Waals surface area contributed by atoms with E-state index in [-0.39, 0.29) is 5.82 Å². The van der Waals surface area contributed by atoms with E-state index in [4.69, 9.17) is 0 Å². The summed E-state index contributed by atoms with van der Waals surface area (Å²) in [4.78, 5) is 10.8. The van der Waals surface area contributed by atoms with E-state index >= 15 is 0 Å². The Morgan fingerprint density at radius 2 is 1.92 bits per heavy atom. The molecule has 1 aliphatic rings. The van der Waals surface area contributed by atoms with Gasteiger partial charge in [-0.15, -0.1) is 0 Å². The predicted molar refractivity (Wildman–Crippen MR) is 100 cm³/mol. The van der Waals surface area contributed by atoms with Crippen molar-refractivity contribution >= 4 is 22.7 Å². The summed E-state index contributed by atoms with van der Waals surface area (Å²) in [6.07, 6.45) is 3.30. The van der Waals surface area contributed by atoms with Crippen LogP contribution in [-0.4, -0.2) is 36.1 Å². The van der Waals surface area contributed by atoms with E-state index < -0.39 is 0 Å². The molecule has 3 aromatic rings. The number of benzene rings is 2. The number of aromatic nitrogens is 2. The Kier molecular flexibility index (Phi) is 4.15. The van der Waals surface area contributed by atoms with E-state index in [1.807, 2.05) is 30.3 Å². The standard InChI is InChI=1S/C20H19FN4/c1-2-14-3-5-18-16(11-14)20(24-13-23-18)15-4-6-19(17(21)12-15)25-9-7-22-8-10-25/h2-6,11-13,22H,1,7-10H2. The Bertz CT molecular complexity index is 932. The zero-order chi connectivity index (χ0) is 17.2. The minimum Gasteiger partial charge on any atom is -0.367 e. The highest BCUT2D eigenvalue weighted by atomic mass is 19.1. The molecule has 1 fully saturated rings. The molecule has 126 valence electrons. The van der Waals surface area contributed by atoms with Crippen LogP contribution in [0.25, 0.3) is 28.2 Å². The fourth-order valence-electron chi connectivity index (χ4n) is 3.25. The van der Waals surface area contributed by atoms with Crippen LogP contribution in [0.5, 0.6) is 0 Å². The zero-order valence-corrected chi connectivity index (χ0v) is 13.9. The van der Waals surface area contributed by atoms with Crippen molar-refractivity contribution in [2.45, 2.75) is 0 Å². The molecular weight excluding hydrogens is 315 g/mol. The van der Waals surface area contributed by atoms with Crippen LogP contribution in [-0.2, 0) is 0 Å². The number of rotatable bonds is 3. The largest absolute Gasteiger partial charge is 0.367 e. The maximum absolute atomic E-state index is 14.7. The minimum absolute atomic E-state index is 0.217. The van der Waals surface area contributed by atoms with Gasteiger partial charge in [0.1, 0.15) is 12.1 Å². The molecule has 25 heavy (non-hydrogen) atoms. The van der Waals surface area contributed by atoms with Crippen LogP contribution in [0, 0.1) is 5.82 Å². The Labute approximate surface area is 146 Å². The quantitative estimate of drug-likeness (QED) is 0.796. The first kappa shape index (κ1) is 15.7. The lowest BCUT2D eigenvalue weighted by Gasteiger charge is -2.29. The van der Waals surface area contributed by atoms with Gasteiger partial charge in [0.25, 0.3) is 0 Å². The third kappa shape index (κ3) is 2.98. The molecule has 0 bridgehead atoms. The molecule has 1 aliphatic heterocycles. The van der Waals surface area contributed by atoms with Gasteiger partial charge in [-0.05, 0) is 29.8 Å². The molecular formula is C20H19FN4. The summed E-state index contributed by atoms with van der Waals surface area (Å²) in [5.74, 6) is -0.217. The van der Waals surface area contributed by atoms with Gasteiger partial charge in [-0.25, -0.2) is 14.4 Å². The molecule has 0 radical (unpaired) electrons. The van der Waals surface area contributed by atoms with Crippen LogP contribution in [0.1, 0.15) is 5.56 Å². The SMILES string of the molecule is C=Cc1ccc2ncnc(-c3ccc(N4CCNCC4)c(F)c3)c2c1. The summed E-state index contributed by atoms with van der Waals surface area (Å²) in [6, 6.07) is 11.2. The van der Waals surface area contributed by atoms with Crippen molar-refractivity contribution in [3.05, 3.63) is 60.7 Å². The Hall–Kier alpha value is -2.79. The maximum Gasteiger partial charge on any atom is 0.147 e. The van der Waals surface area contributed by atoms with Crippen molar-refractivity contribution in [2.24, 2.45) is 0 Å². The number of fused-ring (bicyclic) bond motifs is 1. The van der Waals surface area contributed by atoms with Crippen LogP contribution in [0.2, 0.25) is 0 Å². The number of nitrogens with zero attached hydrogens (tertiary/aromatic N) is 3. The summed E-state index contributed by atoms with van der Waals surface area (Å²) >= 11 is 0. The molecule has 0 atom stereocenters. The lowest BCUT2D eigenvalue weighted by atomic mass is 10.0. The van der Waals surface area contributed by atoms with Gasteiger partial charge in [0.2, 0.25) is 0 Å². The Morgan fingerprint density at radius 3 is 2.68 bits per heavy atom. The molecule has 0 unspecified atom stereocenters. The average molecular weight is 334 g/mol. The molecule has 1 N–H and O–H groups in total. The molecule has 4 nitrogen and oxygen atoms in total. The number of nitrogens with one attached hydrogen (secondary N) is 1. The second-order valence-corrected chi connectivity index (χ2v) is 6.11. The van der Waals surface area contributed by atoms with Gasteiger partial charge in [-0.1, -0.05) is 24.8 Å². The smallest absolute Gasteiger partial charge is 0.147 e. The summed E-state index contributed by atoms with van der Waals surface area (Å²) in [5.41, 5.74) is 3.96. The monoisotopic (exact) mass is 334 g/mol. The van der Waals surface area contributed by atoms with Crippen molar-refractivity contribution in [1.82, 2.24) is 15.3 Å². The zero-order valence-electron chi connectivity index (χ0n) is 13.9. The van der Waals surface area contributed by atoms with E-state index in [1.54, 1.807) is 12.1 Å². The van der Waals surface area contributed by atoms with Crippen LogP contribution >= 0.6 is 0 Å². The first-order chi connectivity index (χ1) is 12.3. The fourth-order valence-corrected chi connectivity index (χ4v) is 3.25. The first-order valence-corrected chi connectivity index (χ1v) is 8.39. The van der Waals surface area contributed by atoms with Crippen LogP contribution in [0.3, 0.4) is 0 Å². The van der Waals surface area contributed by atoms with Crippen LogP contribution in [0.4, 0.5) is 10.1 Å². The topological polar surface area (TPSA) is 41.1 Å². The minimum atomic E-state index is -0.217. The van der Waals surface area contributed by atoms with Crippen molar-refractivity contribution in [3.8, 4) is 11.3 Å². The fraction of sp³-hybridized carbons (Fsp3) is 0.200. The molecule has 1 saturated heterocycles. The van der Waals surface area contributed by atoms with Crippen molar-refractivity contribution in [1.29, 1.82) is 0 Å². The predicted octanol–water partition coefficient (Wildman–Crippen LogP) is 3.49. The van der Waals surface area contributed by atoms with Crippen LogP contribution < -0.4 is 10.2 Å². The molecule has 4 rings (SSSR count). The van der Waals surface area contributed by atoms with E-state index in [1.165, 1.54) is 6.33 Å². The van der Waals surface area contributed by atoms with Crippen LogP contribution in [0.15, 0.2) is 49.3 Å². The second kappa shape index (κ2) is 6.61. The first-order valence-electron chi connectivity index (χ1n) is 8.39. The van der Waals surface area contributed by atoms with Gasteiger partial charge in [0, 0.05) is 37.1 Å². The molecule has 1 aromatic heterocycles. The Morgan fingerprint density at radius 1 is 1.08 bits per heavy atom. The second-order valence-electron chi connectivity index (χ2n) is 6.11. The van der Waals surface area contributed by atoms with Gasteiger partial charge < -0.3 is 10.2 Å². The lowest BCUT2D eigenvalue weighted by molar-refractivity contribution is 0.566. The molecule has 5 heteroatoms. The summed E-state index contributed by atoms with van der Waals surface area (Å²) in [5, 5.41) is 4.18. The van der Waals surface area contributed by atoms with Gasteiger partial charge in [-0.3, -0.25) is 0 Å². The summed E-state index contributed by atoms with van der Waals surface area (Å²) in [6.45, 7) is 7.19. The molecule has 0 saturated carbocycles. The highest BCUT2D eigenvalue weighted by Crippen LogP contribution is 2.30. The highest BCUT2D eigenvalue weighted by Gasteiger charge is 2.16. The summed E-state index contributed by atoms with van der Waals surface area (Å²) in [7, 11) is 0. The van der Waals surface area contributed by atoms with E-state index in [9.17, 15) is 4.39 Å². The lowest BCUT2D eigenvalue weighted by Crippen LogP contribution is -2.43. The Balaban J connectivity index is 1.78. The van der Waals surface area contributed by atoms with Gasteiger partial charge >= 0.3 is 0 Å². The molecule has 0 aliphatic carbocycles. The molecule has 2 aromatic carbocycles.